The number of nitrogens with zero attached hydrogens (tertiary/aromatic N) is 4. The largest absolute Gasteiger partial charge is 0.309 e. The van der Waals surface area contributed by atoms with Crippen LogP contribution in [-0.2, 0) is 14.5 Å². The molecule has 0 amide bonds. The van der Waals surface area contributed by atoms with Gasteiger partial charge in [0.1, 0.15) is 11.3 Å². The van der Waals surface area contributed by atoms with E-state index in [1.54, 1.807) is 0 Å². The van der Waals surface area contributed by atoms with Crippen LogP contribution in [0.5, 0.6) is 0 Å². The molecule has 504 valence electrons. The van der Waals surface area contributed by atoms with Crippen LogP contribution < -0.4 is 31.8 Å². The SMILES string of the molecule is O=P(c1ccccc1)(c1ccccc1)c1ccc(-c2cccc(-c3ccc4c5ccccc5n5c6ccccc6nc5c4c3)c2)cc1.O=P(c1ccccc1)(c1ccccc1)c1ccc2c(c1)C(c1ccccc1)(c1ccccc1)c1cc(-c3ccc4c(c3)c3ccccc3n3c5ccccc5nc43)ccc1-2. The van der Waals surface area contributed by atoms with E-state index >= 15 is 4.57 Å². The average Bonchev–Trinajstić information content (AvgIpc) is 1.54. The molecule has 4 aromatic heterocycles. The van der Waals surface area contributed by atoms with Crippen molar-refractivity contribution in [2.24, 2.45) is 0 Å². The van der Waals surface area contributed by atoms with E-state index in [0.29, 0.717) is 0 Å². The number of imidazole rings is 2. The van der Waals surface area contributed by atoms with Crippen molar-refractivity contribution >= 4 is 123 Å². The van der Waals surface area contributed by atoms with Gasteiger partial charge < -0.3 is 9.13 Å². The summed E-state index contributed by atoms with van der Waals surface area (Å²) in [4.78, 5) is 10.3. The van der Waals surface area contributed by atoms with E-state index in [9.17, 15) is 4.57 Å². The van der Waals surface area contributed by atoms with E-state index in [-0.39, 0.29) is 0 Å². The molecule has 0 unspecified atom stereocenters. The number of aromatic nitrogens is 4. The summed E-state index contributed by atoms with van der Waals surface area (Å²) in [6, 6.07) is 139. The second kappa shape index (κ2) is 25.7. The minimum absolute atomic E-state index is 0.691. The fourth-order valence-corrected chi connectivity index (χ4v) is 22.3. The van der Waals surface area contributed by atoms with Crippen LogP contribution in [0.1, 0.15) is 22.3 Å². The molecular formula is C99H66N4O2P2. The molecule has 0 aliphatic heterocycles. The van der Waals surface area contributed by atoms with Crippen molar-refractivity contribution in [1.82, 2.24) is 18.8 Å². The van der Waals surface area contributed by atoms with Gasteiger partial charge in [-0.15, -0.1) is 0 Å². The monoisotopic (exact) mass is 1400 g/mol. The maximum Gasteiger partial charge on any atom is 0.171 e. The van der Waals surface area contributed by atoms with Gasteiger partial charge in [-0.2, -0.15) is 0 Å². The van der Waals surface area contributed by atoms with E-state index in [4.69, 9.17) is 9.97 Å². The Kier molecular flexibility index (Phi) is 15.3. The van der Waals surface area contributed by atoms with E-state index < -0.39 is 19.7 Å². The molecule has 0 spiro atoms. The predicted octanol–water partition coefficient (Wildman–Crippen LogP) is 22.2. The highest BCUT2D eigenvalue weighted by atomic mass is 31.2. The maximum atomic E-state index is 15.9. The molecule has 1 aliphatic rings. The molecule has 0 radical (unpaired) electrons. The number of rotatable bonds is 11. The first-order chi connectivity index (χ1) is 52.8. The summed E-state index contributed by atoms with van der Waals surface area (Å²) < 4.78 is 35.4. The maximum absolute atomic E-state index is 15.9. The van der Waals surface area contributed by atoms with E-state index in [1.807, 2.05) is 140 Å². The molecule has 21 rings (SSSR count). The molecule has 0 fully saturated rings. The first-order valence-electron chi connectivity index (χ1n) is 36.3. The van der Waals surface area contributed by atoms with Crippen molar-refractivity contribution in [3.05, 3.63) is 423 Å². The van der Waals surface area contributed by atoms with Crippen LogP contribution >= 0.6 is 14.3 Å². The predicted molar refractivity (Wildman–Crippen MR) is 448 cm³/mol. The Morgan fingerprint density at radius 2 is 0.570 bits per heavy atom. The van der Waals surface area contributed by atoms with Crippen molar-refractivity contribution in [3.8, 4) is 44.5 Å². The number of benzene rings is 16. The normalized spacial score (nSPS) is 12.6. The van der Waals surface area contributed by atoms with Gasteiger partial charge in [-0.3, -0.25) is 8.80 Å². The molecule has 0 saturated carbocycles. The van der Waals surface area contributed by atoms with Crippen LogP contribution in [0, 0.1) is 0 Å². The van der Waals surface area contributed by atoms with E-state index in [0.717, 1.165) is 143 Å². The summed E-state index contributed by atoms with van der Waals surface area (Å²) in [6.45, 7) is 0. The molecule has 8 heteroatoms. The van der Waals surface area contributed by atoms with Gasteiger partial charge in [0.25, 0.3) is 0 Å². The quantitative estimate of drug-likeness (QED) is 0.0956. The van der Waals surface area contributed by atoms with Gasteiger partial charge in [-0.05, 0) is 150 Å². The highest BCUT2D eigenvalue weighted by molar-refractivity contribution is 7.85. The van der Waals surface area contributed by atoms with Crippen LogP contribution in [-0.4, -0.2) is 18.8 Å². The van der Waals surface area contributed by atoms with Crippen LogP contribution in [0.15, 0.2) is 400 Å². The van der Waals surface area contributed by atoms with Gasteiger partial charge in [0.05, 0.1) is 38.5 Å². The van der Waals surface area contributed by atoms with Crippen molar-refractivity contribution in [2.75, 3.05) is 0 Å². The molecule has 4 heterocycles. The van der Waals surface area contributed by atoms with Gasteiger partial charge in [0, 0.05) is 53.4 Å². The van der Waals surface area contributed by atoms with Crippen molar-refractivity contribution < 1.29 is 9.13 Å². The lowest BCUT2D eigenvalue weighted by Crippen LogP contribution is -2.31. The smallest absolute Gasteiger partial charge is 0.171 e. The number of hydrogen-bond donors (Lipinski definition) is 0. The van der Waals surface area contributed by atoms with Crippen LogP contribution in [0.3, 0.4) is 0 Å². The molecule has 16 aromatic carbocycles. The molecule has 0 bridgehead atoms. The Morgan fingerprint density at radius 3 is 1.09 bits per heavy atom. The van der Waals surface area contributed by atoms with Gasteiger partial charge in [-0.25, -0.2) is 9.97 Å². The Balaban J connectivity index is 0.000000146. The summed E-state index contributed by atoms with van der Waals surface area (Å²) in [7, 11) is -6.30. The molecule has 0 N–H and O–H groups in total. The fraction of sp³-hybridized carbons (Fsp3) is 0.0101. The van der Waals surface area contributed by atoms with Gasteiger partial charge in [0.15, 0.2) is 14.3 Å². The molecule has 0 saturated heterocycles. The standard InChI is InChI=1S/C56H37N2OP.C43H29N2OP/c59-60(42-21-9-3-10-22-42,43-23-11-4-12-24-43)44-31-34-46-45-32-29-39(36-50(45)56(51(46)37-44,40-17-5-1-6-18-40)41-19-7-2-8-20-41)38-30-33-48-49(35-38)47-25-13-15-27-53(47)58-54-28-16-14-26-52(54)57-55(48)58;46-47(34-14-3-1-4-15-34,35-16-5-2-6-17-35)36-25-22-30(23-26-36)31-12-11-13-32(28-31)33-24-27-37-38-18-7-9-20-41(38)45-42-21-10-8-19-40(42)44-43(45)39(37)29-33/h1-37H;1-29H. The lowest BCUT2D eigenvalue weighted by molar-refractivity contribution is 0.591. The number of pyridine rings is 2. The Morgan fingerprint density at radius 1 is 0.224 bits per heavy atom. The third-order valence-corrected chi connectivity index (χ3v) is 28.1. The van der Waals surface area contributed by atoms with E-state index in [2.05, 4.69) is 270 Å². The van der Waals surface area contributed by atoms with Crippen molar-refractivity contribution in [1.29, 1.82) is 0 Å². The highest BCUT2D eigenvalue weighted by Crippen LogP contribution is 2.58. The molecular weight excluding hydrogens is 1340 g/mol. The number of fused-ring (bicyclic) bond motifs is 19. The highest BCUT2D eigenvalue weighted by Gasteiger charge is 2.47. The summed E-state index contributed by atoms with van der Waals surface area (Å²) in [5, 5.41) is 12.0. The zero-order valence-corrected chi connectivity index (χ0v) is 59.9. The minimum Gasteiger partial charge on any atom is -0.309 e. The first kappa shape index (κ1) is 63.6. The van der Waals surface area contributed by atoms with Crippen LogP contribution in [0.2, 0.25) is 0 Å². The van der Waals surface area contributed by atoms with Crippen molar-refractivity contribution in [2.45, 2.75) is 5.41 Å². The lowest BCUT2D eigenvalue weighted by Gasteiger charge is -2.34. The Labute approximate surface area is 619 Å². The van der Waals surface area contributed by atoms with Crippen LogP contribution in [0.25, 0.3) is 121 Å². The second-order valence-corrected chi connectivity index (χ2v) is 33.3. The topological polar surface area (TPSA) is 68.7 Å². The molecule has 0 atom stereocenters. The molecule has 1 aliphatic carbocycles. The molecule has 20 aromatic rings. The average molecular weight is 1410 g/mol. The first-order valence-corrected chi connectivity index (χ1v) is 39.7. The number of hydrogen-bond acceptors (Lipinski definition) is 4. The summed E-state index contributed by atoms with van der Waals surface area (Å²) in [6.07, 6.45) is 0. The number of para-hydroxylation sites is 6. The Bertz CT molecular complexity index is 6860. The minimum atomic E-state index is -3.28. The van der Waals surface area contributed by atoms with Gasteiger partial charge >= 0.3 is 0 Å². The molecule has 6 nitrogen and oxygen atoms in total. The zero-order valence-electron chi connectivity index (χ0n) is 58.1. The fourth-order valence-electron chi connectivity index (χ4n) is 17.0. The van der Waals surface area contributed by atoms with Crippen molar-refractivity contribution in [3.63, 3.8) is 0 Å². The Hall–Kier alpha value is -13.1. The summed E-state index contributed by atoms with van der Waals surface area (Å²) in [5.74, 6) is 0. The van der Waals surface area contributed by atoms with Gasteiger partial charge in [0.2, 0.25) is 0 Å². The summed E-state index contributed by atoms with van der Waals surface area (Å²) in [5.41, 5.74) is 21.5. The second-order valence-electron chi connectivity index (χ2n) is 27.7. The van der Waals surface area contributed by atoms with E-state index in [1.165, 1.54) is 32.7 Å². The third kappa shape index (κ3) is 10.2. The van der Waals surface area contributed by atoms with Crippen LogP contribution in [0.4, 0.5) is 0 Å². The third-order valence-electron chi connectivity index (χ3n) is 22.0. The molecule has 107 heavy (non-hydrogen) atoms. The summed E-state index contributed by atoms with van der Waals surface area (Å²) >= 11 is 0. The zero-order chi connectivity index (χ0) is 71.2. The van der Waals surface area contributed by atoms with Gasteiger partial charge in [-0.1, -0.05) is 328 Å². The lowest BCUT2D eigenvalue weighted by atomic mass is 9.67.